The van der Waals surface area contributed by atoms with Crippen LogP contribution in [0.15, 0.2) is 24.7 Å². The first-order valence-electron chi connectivity index (χ1n) is 7.21. The summed E-state index contributed by atoms with van der Waals surface area (Å²) in [7, 11) is 1.93. The molecule has 21 heavy (non-hydrogen) atoms. The first-order chi connectivity index (χ1) is 10.3. The number of nitrogens with zero attached hydrogens (tertiary/aromatic N) is 6. The van der Waals surface area contributed by atoms with Gasteiger partial charge in [-0.15, -0.1) is 0 Å². The molecular formula is C14H21N7. The zero-order valence-corrected chi connectivity index (χ0v) is 12.3. The molecule has 0 atom stereocenters. The lowest BCUT2D eigenvalue weighted by atomic mass is 10.2. The van der Waals surface area contributed by atoms with E-state index in [1.54, 1.807) is 6.33 Å². The van der Waals surface area contributed by atoms with Crippen LogP contribution in [-0.2, 0) is 20.1 Å². The molecule has 0 aliphatic carbocycles. The van der Waals surface area contributed by atoms with E-state index >= 15 is 0 Å². The van der Waals surface area contributed by atoms with Gasteiger partial charge in [0.05, 0.1) is 6.54 Å². The third-order valence-electron chi connectivity index (χ3n) is 3.91. The molecule has 7 heteroatoms. The average Bonchev–Trinajstić information content (AvgIpc) is 2.93. The van der Waals surface area contributed by atoms with Crippen LogP contribution in [0, 0.1) is 0 Å². The SMILES string of the molecule is Cn1ncnc1CN1CCN(c2ccc(CN)cn2)CC1. The van der Waals surface area contributed by atoms with Crippen LogP contribution < -0.4 is 10.6 Å². The Morgan fingerprint density at radius 1 is 1.14 bits per heavy atom. The summed E-state index contributed by atoms with van der Waals surface area (Å²) in [6, 6.07) is 4.11. The fourth-order valence-corrected chi connectivity index (χ4v) is 2.52. The highest BCUT2D eigenvalue weighted by molar-refractivity contribution is 5.39. The molecule has 0 amide bonds. The molecule has 2 aromatic rings. The van der Waals surface area contributed by atoms with Crippen LogP contribution in [0.2, 0.25) is 0 Å². The molecule has 1 aliphatic heterocycles. The molecule has 0 spiro atoms. The summed E-state index contributed by atoms with van der Waals surface area (Å²) in [5.74, 6) is 2.04. The van der Waals surface area contributed by atoms with Gasteiger partial charge < -0.3 is 10.6 Å². The molecule has 0 bridgehead atoms. The standard InChI is InChI=1S/C14H21N7/c1-19-14(17-11-18-19)10-20-4-6-21(7-5-20)13-3-2-12(8-15)9-16-13/h2-3,9,11H,4-8,10,15H2,1H3. The molecule has 3 heterocycles. The van der Waals surface area contributed by atoms with E-state index in [2.05, 4.69) is 30.9 Å². The fraction of sp³-hybridized carbons (Fsp3) is 0.500. The highest BCUT2D eigenvalue weighted by Gasteiger charge is 2.19. The average molecular weight is 287 g/mol. The van der Waals surface area contributed by atoms with E-state index in [1.807, 2.05) is 24.0 Å². The van der Waals surface area contributed by atoms with Crippen molar-refractivity contribution in [2.45, 2.75) is 13.1 Å². The number of hydrogen-bond acceptors (Lipinski definition) is 6. The Labute approximate surface area is 124 Å². The lowest BCUT2D eigenvalue weighted by Gasteiger charge is -2.35. The summed E-state index contributed by atoms with van der Waals surface area (Å²) < 4.78 is 1.83. The highest BCUT2D eigenvalue weighted by Crippen LogP contribution is 2.14. The van der Waals surface area contributed by atoms with E-state index in [-0.39, 0.29) is 0 Å². The minimum atomic E-state index is 0.540. The maximum Gasteiger partial charge on any atom is 0.140 e. The van der Waals surface area contributed by atoms with E-state index < -0.39 is 0 Å². The van der Waals surface area contributed by atoms with Crippen LogP contribution in [0.5, 0.6) is 0 Å². The monoisotopic (exact) mass is 287 g/mol. The minimum Gasteiger partial charge on any atom is -0.354 e. The fourth-order valence-electron chi connectivity index (χ4n) is 2.52. The van der Waals surface area contributed by atoms with E-state index in [4.69, 9.17) is 5.73 Å². The molecule has 7 nitrogen and oxygen atoms in total. The second kappa shape index (κ2) is 6.19. The van der Waals surface area contributed by atoms with Crippen molar-refractivity contribution in [3.05, 3.63) is 36.0 Å². The molecule has 1 fully saturated rings. The topological polar surface area (TPSA) is 76.1 Å². The molecule has 0 radical (unpaired) electrons. The van der Waals surface area contributed by atoms with Gasteiger partial charge in [0.15, 0.2) is 0 Å². The smallest absolute Gasteiger partial charge is 0.140 e. The lowest BCUT2D eigenvalue weighted by molar-refractivity contribution is 0.240. The van der Waals surface area contributed by atoms with Gasteiger partial charge in [-0.1, -0.05) is 6.07 Å². The van der Waals surface area contributed by atoms with Crippen molar-refractivity contribution >= 4 is 5.82 Å². The van der Waals surface area contributed by atoms with Crippen molar-refractivity contribution in [3.63, 3.8) is 0 Å². The number of rotatable bonds is 4. The quantitative estimate of drug-likeness (QED) is 0.852. The van der Waals surface area contributed by atoms with Gasteiger partial charge in [-0.05, 0) is 11.6 Å². The van der Waals surface area contributed by atoms with Crippen molar-refractivity contribution in [3.8, 4) is 0 Å². The second-order valence-electron chi connectivity index (χ2n) is 5.29. The number of anilines is 1. The van der Waals surface area contributed by atoms with Crippen LogP contribution in [-0.4, -0.2) is 50.8 Å². The van der Waals surface area contributed by atoms with Gasteiger partial charge in [0.2, 0.25) is 0 Å². The molecule has 0 saturated carbocycles. The molecule has 112 valence electrons. The van der Waals surface area contributed by atoms with Crippen LogP contribution in [0.25, 0.3) is 0 Å². The van der Waals surface area contributed by atoms with Crippen molar-refractivity contribution in [1.82, 2.24) is 24.6 Å². The van der Waals surface area contributed by atoms with E-state index in [0.717, 1.165) is 49.9 Å². The molecule has 2 aromatic heterocycles. The number of piperazine rings is 1. The maximum absolute atomic E-state index is 5.60. The Bertz CT molecular complexity index is 569. The lowest BCUT2D eigenvalue weighted by Crippen LogP contribution is -2.46. The number of pyridine rings is 1. The van der Waals surface area contributed by atoms with Crippen LogP contribution >= 0.6 is 0 Å². The van der Waals surface area contributed by atoms with Gasteiger partial charge in [-0.2, -0.15) is 5.10 Å². The molecule has 1 aliphatic rings. The zero-order valence-electron chi connectivity index (χ0n) is 12.3. The van der Waals surface area contributed by atoms with E-state index in [1.165, 1.54) is 0 Å². The van der Waals surface area contributed by atoms with Crippen molar-refractivity contribution < 1.29 is 0 Å². The zero-order chi connectivity index (χ0) is 14.7. The summed E-state index contributed by atoms with van der Waals surface area (Å²) in [6.45, 7) is 5.36. The number of aryl methyl sites for hydroxylation is 1. The molecule has 0 unspecified atom stereocenters. The van der Waals surface area contributed by atoms with E-state index in [0.29, 0.717) is 6.54 Å². The van der Waals surface area contributed by atoms with Crippen molar-refractivity contribution in [2.24, 2.45) is 12.8 Å². The summed E-state index contributed by atoms with van der Waals surface area (Å²) in [4.78, 5) is 13.5. The van der Waals surface area contributed by atoms with Gasteiger partial charge >= 0.3 is 0 Å². The predicted octanol–water partition coefficient (Wildman–Crippen LogP) is -0.00900. The third-order valence-corrected chi connectivity index (χ3v) is 3.91. The Morgan fingerprint density at radius 2 is 1.95 bits per heavy atom. The van der Waals surface area contributed by atoms with Crippen molar-refractivity contribution in [2.75, 3.05) is 31.1 Å². The summed E-state index contributed by atoms with van der Waals surface area (Å²) in [5, 5.41) is 4.11. The predicted molar refractivity (Wildman–Crippen MR) is 80.6 cm³/mol. The number of nitrogens with two attached hydrogens (primary N) is 1. The minimum absolute atomic E-state index is 0.540. The first-order valence-corrected chi connectivity index (χ1v) is 7.21. The Hall–Kier alpha value is -1.99. The molecule has 1 saturated heterocycles. The van der Waals surface area contributed by atoms with Crippen molar-refractivity contribution in [1.29, 1.82) is 0 Å². The van der Waals surface area contributed by atoms with Crippen LogP contribution in [0.4, 0.5) is 5.82 Å². The summed E-state index contributed by atoms with van der Waals surface area (Å²) in [6.07, 6.45) is 3.47. The highest BCUT2D eigenvalue weighted by atomic mass is 15.3. The number of aromatic nitrogens is 4. The normalized spacial score (nSPS) is 16.4. The van der Waals surface area contributed by atoms with Gasteiger partial charge in [0, 0.05) is 46.0 Å². The third kappa shape index (κ3) is 3.20. The molecule has 3 rings (SSSR count). The summed E-state index contributed by atoms with van der Waals surface area (Å²) >= 11 is 0. The van der Waals surface area contributed by atoms with E-state index in [9.17, 15) is 0 Å². The van der Waals surface area contributed by atoms with Crippen LogP contribution in [0.1, 0.15) is 11.4 Å². The Kier molecular flexibility index (Phi) is 4.12. The van der Waals surface area contributed by atoms with Crippen LogP contribution in [0.3, 0.4) is 0 Å². The first kappa shape index (κ1) is 14.0. The van der Waals surface area contributed by atoms with Gasteiger partial charge in [0.25, 0.3) is 0 Å². The molecular weight excluding hydrogens is 266 g/mol. The molecule has 2 N–H and O–H groups in total. The van der Waals surface area contributed by atoms with Gasteiger partial charge in [-0.25, -0.2) is 9.97 Å². The van der Waals surface area contributed by atoms with Gasteiger partial charge in [0.1, 0.15) is 18.0 Å². The maximum atomic E-state index is 5.60. The Morgan fingerprint density at radius 3 is 2.52 bits per heavy atom. The molecule has 0 aromatic carbocycles. The summed E-state index contributed by atoms with van der Waals surface area (Å²) in [5.41, 5.74) is 6.67. The Balaban J connectivity index is 1.56. The second-order valence-corrected chi connectivity index (χ2v) is 5.29. The van der Waals surface area contributed by atoms with Gasteiger partial charge in [-0.3, -0.25) is 9.58 Å². The number of hydrogen-bond donors (Lipinski definition) is 1. The largest absolute Gasteiger partial charge is 0.354 e.